The molecule has 1 fully saturated rings. The number of hydrogen-bond acceptors (Lipinski definition) is 5. The molecule has 0 saturated carbocycles. The zero-order valence-electron chi connectivity index (χ0n) is 27.9. The van der Waals surface area contributed by atoms with E-state index in [1.165, 1.54) is 35.3 Å². The third-order valence-corrected chi connectivity index (χ3v) is 12.3. The van der Waals surface area contributed by atoms with Gasteiger partial charge in [0, 0.05) is 53.4 Å². The summed E-state index contributed by atoms with van der Waals surface area (Å²) in [5, 5.41) is 0.642. The maximum Gasteiger partial charge on any atom is 0.243 e. The number of thioether (sulfide) groups is 1. The Morgan fingerprint density at radius 1 is 1.02 bits per heavy atom. The minimum absolute atomic E-state index is 0.0460. The van der Waals surface area contributed by atoms with Gasteiger partial charge in [-0.1, -0.05) is 61.0 Å². The molecule has 0 atom stereocenters. The summed E-state index contributed by atoms with van der Waals surface area (Å²) in [6, 6.07) is 15.6. The van der Waals surface area contributed by atoms with Crippen molar-refractivity contribution in [3.63, 3.8) is 0 Å². The molecule has 0 radical (unpaired) electrons. The van der Waals surface area contributed by atoms with Crippen molar-refractivity contribution in [2.24, 2.45) is 0 Å². The van der Waals surface area contributed by atoms with Crippen molar-refractivity contribution < 1.29 is 26.4 Å². The van der Waals surface area contributed by atoms with Crippen LogP contribution < -0.4 is 4.74 Å². The first-order valence-corrected chi connectivity index (χ1v) is 18.3. The number of methoxy groups -OCH3 is 1. The zero-order valence-corrected chi connectivity index (χ0v) is 30.2. The van der Waals surface area contributed by atoms with Crippen LogP contribution in [0.2, 0.25) is 5.02 Å². The summed E-state index contributed by atoms with van der Waals surface area (Å²) in [6.45, 7) is 6.81. The highest BCUT2D eigenvalue weighted by Gasteiger charge is 2.35. The first kappa shape index (κ1) is 35.3. The van der Waals surface area contributed by atoms with Crippen LogP contribution in [0.3, 0.4) is 0 Å². The highest BCUT2D eigenvalue weighted by molar-refractivity contribution is 7.98. The molecule has 5 rings (SSSR count). The lowest BCUT2D eigenvalue weighted by atomic mass is 9.81. The molecule has 0 spiro atoms. The average Bonchev–Trinajstić information content (AvgIpc) is 3.45. The van der Waals surface area contributed by atoms with E-state index in [2.05, 4.69) is 21.1 Å². The monoisotopic (exact) mass is 703 g/mol. The molecule has 0 aliphatic carbocycles. The fourth-order valence-corrected chi connectivity index (χ4v) is 8.98. The molecule has 2 heterocycles. The molecule has 1 aromatic heterocycles. The van der Waals surface area contributed by atoms with Gasteiger partial charge in [-0.15, -0.1) is 0 Å². The summed E-state index contributed by atoms with van der Waals surface area (Å²) < 4.78 is 66.4. The third-order valence-electron chi connectivity index (χ3n) is 9.15. The van der Waals surface area contributed by atoms with Gasteiger partial charge < -0.3 is 9.22 Å². The van der Waals surface area contributed by atoms with E-state index in [0.29, 0.717) is 24.3 Å². The normalized spacial score (nSPS) is 15.3. The lowest BCUT2D eigenvalue weighted by molar-refractivity contribution is -0.897. The summed E-state index contributed by atoms with van der Waals surface area (Å²) in [4.78, 5) is 4.59. The molecule has 1 aliphatic heterocycles. The van der Waals surface area contributed by atoms with Crippen LogP contribution in [0.5, 0.6) is 5.75 Å². The largest absolute Gasteiger partial charge is 0.494 e. The fourth-order valence-electron chi connectivity index (χ4n) is 6.03. The van der Waals surface area contributed by atoms with Gasteiger partial charge in [0.2, 0.25) is 10.0 Å². The molecule has 0 amide bonds. The maximum atomic E-state index is 15.7. The number of rotatable bonds is 10. The van der Waals surface area contributed by atoms with E-state index in [1.54, 1.807) is 18.3 Å². The van der Waals surface area contributed by atoms with Crippen LogP contribution in [0.1, 0.15) is 49.1 Å². The summed E-state index contributed by atoms with van der Waals surface area (Å²) in [5.41, 5.74) is 3.18. The van der Waals surface area contributed by atoms with Gasteiger partial charge in [-0.05, 0) is 48.9 Å². The molecule has 1 aliphatic rings. The number of aryl methyl sites for hydroxylation is 1. The highest BCUT2D eigenvalue weighted by atomic mass is 35.5. The van der Waals surface area contributed by atoms with E-state index in [9.17, 15) is 12.8 Å². The summed E-state index contributed by atoms with van der Waals surface area (Å²) in [5.74, 6) is -0.863. The Labute approximate surface area is 286 Å². The molecule has 252 valence electrons. The summed E-state index contributed by atoms with van der Waals surface area (Å²) in [7, 11) is 3.85. The van der Waals surface area contributed by atoms with E-state index >= 15 is 4.39 Å². The Hall–Kier alpha value is -2.96. The predicted molar refractivity (Wildman–Crippen MR) is 184 cm³/mol. The topological polar surface area (TPSA) is 64.4 Å². The third kappa shape index (κ3) is 7.24. The van der Waals surface area contributed by atoms with Crippen LogP contribution in [-0.2, 0) is 21.2 Å². The SMILES string of the molecule is COc1cc(C(C)(C)c2cnc(SCc3c(F)cc(S(=O)(=O)N4CCC([N+](C)(C)C)CC4)cc3Cl)n2-c2ccc(C)cc2)ccc1F. The highest BCUT2D eigenvalue weighted by Crippen LogP contribution is 2.39. The zero-order chi connectivity index (χ0) is 34.3. The lowest BCUT2D eigenvalue weighted by Gasteiger charge is -2.39. The van der Waals surface area contributed by atoms with E-state index in [-0.39, 0.29) is 27.0 Å². The molecule has 3 aromatic carbocycles. The van der Waals surface area contributed by atoms with Crippen LogP contribution in [0.4, 0.5) is 8.78 Å². The molecule has 4 aromatic rings. The fraction of sp³-hybridized carbons (Fsp3) is 0.400. The van der Waals surface area contributed by atoms with E-state index in [4.69, 9.17) is 21.3 Å². The van der Waals surface area contributed by atoms with E-state index in [0.717, 1.165) is 45.9 Å². The Morgan fingerprint density at radius 2 is 1.68 bits per heavy atom. The van der Waals surface area contributed by atoms with Crippen LogP contribution in [0, 0.1) is 18.6 Å². The lowest BCUT2D eigenvalue weighted by Crippen LogP contribution is -2.52. The Balaban J connectivity index is 1.44. The second kappa shape index (κ2) is 13.5. The van der Waals surface area contributed by atoms with Crippen molar-refractivity contribution in [1.29, 1.82) is 0 Å². The number of halogens is 3. The number of hydrogen-bond donors (Lipinski definition) is 0. The predicted octanol–water partition coefficient (Wildman–Crippen LogP) is 7.60. The molecule has 0 unspecified atom stereocenters. The molecule has 0 N–H and O–H groups in total. The number of nitrogens with zero attached hydrogens (tertiary/aromatic N) is 4. The van der Waals surface area contributed by atoms with Gasteiger partial charge in [-0.3, -0.25) is 4.57 Å². The van der Waals surface area contributed by atoms with Crippen molar-refractivity contribution in [1.82, 2.24) is 13.9 Å². The van der Waals surface area contributed by atoms with Gasteiger partial charge in [-0.25, -0.2) is 22.2 Å². The molecule has 7 nitrogen and oxygen atoms in total. The second-order valence-electron chi connectivity index (χ2n) is 13.5. The van der Waals surface area contributed by atoms with E-state index in [1.807, 2.05) is 49.6 Å². The van der Waals surface area contributed by atoms with Crippen LogP contribution in [0.15, 0.2) is 70.8 Å². The number of aromatic nitrogens is 2. The minimum Gasteiger partial charge on any atom is -0.494 e. The van der Waals surface area contributed by atoms with Crippen molar-refractivity contribution in [3.05, 3.63) is 99.8 Å². The summed E-state index contributed by atoms with van der Waals surface area (Å²) >= 11 is 7.89. The second-order valence-corrected chi connectivity index (χ2v) is 16.8. The number of sulfonamides is 1. The molecule has 0 bridgehead atoms. The van der Waals surface area contributed by atoms with Crippen molar-refractivity contribution in [2.75, 3.05) is 41.3 Å². The van der Waals surface area contributed by atoms with Crippen molar-refractivity contribution in [3.8, 4) is 11.4 Å². The maximum absolute atomic E-state index is 15.7. The number of piperidine rings is 1. The molecule has 47 heavy (non-hydrogen) atoms. The van der Waals surface area contributed by atoms with Gasteiger partial charge in [0.1, 0.15) is 5.82 Å². The van der Waals surface area contributed by atoms with E-state index < -0.39 is 27.1 Å². The van der Waals surface area contributed by atoms with Crippen molar-refractivity contribution >= 4 is 33.4 Å². The van der Waals surface area contributed by atoms with Gasteiger partial charge in [0.25, 0.3) is 0 Å². The minimum atomic E-state index is -3.91. The first-order valence-electron chi connectivity index (χ1n) is 15.4. The standard InChI is InChI=1S/C35H42ClF2N4O3S2/c1-23-8-11-25(12-9-23)41-33(35(2,3)24-10-13-30(37)32(18-24)45-7)21-39-34(41)46-22-28-29(36)19-27(20-31(28)38)47(43,44)40-16-14-26(15-17-40)42(4,5)6/h8-13,18-21,26H,14-17,22H2,1-7H3/q+1. The average molecular weight is 704 g/mol. The number of ether oxygens (including phenoxy) is 1. The quantitative estimate of drug-likeness (QED) is 0.126. The Morgan fingerprint density at radius 3 is 2.28 bits per heavy atom. The first-order chi connectivity index (χ1) is 22.0. The van der Waals surface area contributed by atoms with Crippen LogP contribution in [-0.4, -0.2) is 74.1 Å². The van der Waals surface area contributed by atoms with Crippen LogP contribution in [0.25, 0.3) is 5.69 Å². The van der Waals surface area contributed by atoms with Crippen molar-refractivity contribution in [2.45, 2.75) is 60.9 Å². The van der Waals surface area contributed by atoms with Gasteiger partial charge in [0.05, 0.1) is 51.1 Å². The number of quaternary nitrogens is 1. The molecule has 12 heteroatoms. The smallest absolute Gasteiger partial charge is 0.243 e. The molecular weight excluding hydrogens is 662 g/mol. The van der Waals surface area contributed by atoms with Gasteiger partial charge >= 0.3 is 0 Å². The van der Waals surface area contributed by atoms with Gasteiger partial charge in [-0.2, -0.15) is 4.31 Å². The Bertz CT molecular complexity index is 1840. The molecule has 1 saturated heterocycles. The van der Waals surface area contributed by atoms with Crippen LogP contribution >= 0.6 is 23.4 Å². The number of imidazole rings is 1. The van der Waals surface area contributed by atoms with Gasteiger partial charge in [0.15, 0.2) is 16.7 Å². The Kier molecular flexibility index (Phi) is 10.2. The molecular formula is C35H42ClF2N4O3S2+. The summed E-state index contributed by atoms with van der Waals surface area (Å²) in [6.07, 6.45) is 3.23. The number of benzene rings is 3.